The Bertz CT molecular complexity index is 339. The highest BCUT2D eigenvalue weighted by atomic mass is 16.4. The number of urea groups is 1. The van der Waals surface area contributed by atoms with Crippen molar-refractivity contribution in [3.8, 4) is 0 Å². The molecule has 2 N–H and O–H groups in total. The Morgan fingerprint density at radius 3 is 2.53 bits per heavy atom. The molecule has 17 heavy (non-hydrogen) atoms. The molecule has 5 nitrogen and oxygen atoms in total. The lowest BCUT2D eigenvalue weighted by Gasteiger charge is -2.18. The molecule has 0 aromatic heterocycles. The van der Waals surface area contributed by atoms with E-state index in [2.05, 4.69) is 12.2 Å². The van der Waals surface area contributed by atoms with Crippen LogP contribution in [0, 0.1) is 17.3 Å². The van der Waals surface area contributed by atoms with E-state index in [1.54, 1.807) is 4.90 Å². The van der Waals surface area contributed by atoms with Crippen molar-refractivity contribution < 1.29 is 14.7 Å². The fourth-order valence-corrected chi connectivity index (χ4v) is 2.25. The Balaban J connectivity index is 1.82. The Morgan fingerprint density at radius 2 is 2.06 bits per heavy atom. The maximum absolute atomic E-state index is 11.9. The van der Waals surface area contributed by atoms with Crippen molar-refractivity contribution in [2.24, 2.45) is 17.3 Å². The van der Waals surface area contributed by atoms with Gasteiger partial charge in [-0.15, -0.1) is 0 Å². The number of nitrogens with zero attached hydrogens (tertiary/aromatic N) is 1. The van der Waals surface area contributed by atoms with E-state index in [1.165, 1.54) is 12.8 Å². The third-order valence-corrected chi connectivity index (χ3v) is 3.99. The average molecular weight is 240 g/mol. The van der Waals surface area contributed by atoms with Crippen molar-refractivity contribution in [1.82, 2.24) is 10.2 Å². The first-order chi connectivity index (χ1) is 7.91. The minimum atomic E-state index is -0.804. The van der Waals surface area contributed by atoms with Crippen molar-refractivity contribution in [3.63, 3.8) is 0 Å². The van der Waals surface area contributed by atoms with E-state index in [4.69, 9.17) is 5.11 Å². The van der Waals surface area contributed by atoms with Crippen molar-refractivity contribution in [3.05, 3.63) is 0 Å². The second kappa shape index (κ2) is 4.20. The molecule has 96 valence electrons. The molecular weight excluding hydrogens is 220 g/mol. The fraction of sp³-hybridized carbons (Fsp3) is 0.833. The van der Waals surface area contributed by atoms with Gasteiger partial charge in [0.15, 0.2) is 0 Å². The molecule has 2 rings (SSSR count). The normalized spacial score (nSPS) is 30.1. The van der Waals surface area contributed by atoms with Crippen molar-refractivity contribution >= 4 is 12.0 Å². The predicted molar refractivity (Wildman–Crippen MR) is 62.6 cm³/mol. The lowest BCUT2D eigenvalue weighted by atomic mass is 9.99. The monoisotopic (exact) mass is 240 g/mol. The first-order valence-electron chi connectivity index (χ1n) is 6.17. The van der Waals surface area contributed by atoms with Crippen LogP contribution in [-0.4, -0.2) is 41.6 Å². The molecule has 1 heterocycles. The van der Waals surface area contributed by atoms with Crippen LogP contribution < -0.4 is 5.32 Å². The summed E-state index contributed by atoms with van der Waals surface area (Å²) >= 11 is 0. The number of nitrogens with one attached hydrogen (secondary N) is 1. The van der Waals surface area contributed by atoms with Gasteiger partial charge in [0, 0.05) is 19.6 Å². The largest absolute Gasteiger partial charge is 0.481 e. The predicted octanol–water partition coefficient (Wildman–Crippen LogP) is 1.15. The summed E-state index contributed by atoms with van der Waals surface area (Å²) in [6.45, 7) is 5.61. The van der Waals surface area contributed by atoms with Crippen LogP contribution in [0.5, 0.6) is 0 Å². The van der Waals surface area contributed by atoms with Gasteiger partial charge in [0.25, 0.3) is 0 Å². The average Bonchev–Trinajstić information content (AvgIpc) is 2.85. The van der Waals surface area contributed by atoms with Crippen LogP contribution in [-0.2, 0) is 4.79 Å². The number of carbonyl (C=O) groups excluding carboxylic acids is 1. The first kappa shape index (κ1) is 12.2. The molecular formula is C12H20N2O3. The van der Waals surface area contributed by atoms with Gasteiger partial charge in [0.1, 0.15) is 0 Å². The summed E-state index contributed by atoms with van der Waals surface area (Å²) < 4.78 is 0. The van der Waals surface area contributed by atoms with Crippen LogP contribution in [0.25, 0.3) is 0 Å². The number of hydrogen-bond donors (Lipinski definition) is 2. The zero-order valence-corrected chi connectivity index (χ0v) is 10.4. The lowest BCUT2D eigenvalue weighted by Crippen LogP contribution is -2.41. The third kappa shape index (κ3) is 2.70. The fourth-order valence-electron chi connectivity index (χ4n) is 2.25. The van der Waals surface area contributed by atoms with E-state index in [0.717, 1.165) is 0 Å². The zero-order chi connectivity index (χ0) is 12.6. The minimum Gasteiger partial charge on any atom is -0.481 e. The molecule has 0 radical (unpaired) electrons. The standard InChI is InChI=1S/C12H20N2O3/c1-8-5-14(6-9(8)10(15)16)11(17)13-7-12(2)3-4-12/h8-9H,3-7H2,1-2H3,(H,13,17)(H,15,16)/t8-,9-/m1/s1. The van der Waals surface area contributed by atoms with Gasteiger partial charge in [-0.25, -0.2) is 4.79 Å². The summed E-state index contributed by atoms with van der Waals surface area (Å²) in [5, 5.41) is 11.9. The second-order valence-corrected chi connectivity index (χ2v) is 5.80. The van der Waals surface area contributed by atoms with Crippen LogP contribution in [0.3, 0.4) is 0 Å². The van der Waals surface area contributed by atoms with E-state index < -0.39 is 11.9 Å². The summed E-state index contributed by atoms with van der Waals surface area (Å²) in [5.41, 5.74) is 0.285. The number of hydrogen-bond acceptors (Lipinski definition) is 2. The molecule has 2 atom stereocenters. The van der Waals surface area contributed by atoms with Gasteiger partial charge in [-0.3, -0.25) is 4.79 Å². The summed E-state index contributed by atoms with van der Waals surface area (Å²) in [4.78, 5) is 24.4. The van der Waals surface area contributed by atoms with Crippen LogP contribution in [0.4, 0.5) is 4.79 Å². The highest BCUT2D eigenvalue weighted by molar-refractivity contribution is 5.77. The highest BCUT2D eigenvalue weighted by Gasteiger charge is 2.40. The summed E-state index contributed by atoms with van der Waals surface area (Å²) in [7, 11) is 0. The maximum atomic E-state index is 11.9. The molecule has 0 unspecified atom stereocenters. The Hall–Kier alpha value is -1.26. The van der Waals surface area contributed by atoms with Crippen LogP contribution >= 0.6 is 0 Å². The van der Waals surface area contributed by atoms with Crippen LogP contribution in [0.2, 0.25) is 0 Å². The highest BCUT2D eigenvalue weighted by Crippen LogP contribution is 2.44. The smallest absolute Gasteiger partial charge is 0.317 e. The van der Waals surface area contributed by atoms with Crippen LogP contribution in [0.1, 0.15) is 26.7 Å². The first-order valence-corrected chi connectivity index (χ1v) is 6.17. The summed E-state index contributed by atoms with van der Waals surface area (Å²) in [5.74, 6) is -1.19. The van der Waals surface area contributed by atoms with Crippen molar-refractivity contribution in [1.29, 1.82) is 0 Å². The van der Waals surface area contributed by atoms with E-state index in [9.17, 15) is 9.59 Å². The Labute approximate surface area is 101 Å². The number of carbonyl (C=O) groups is 2. The van der Waals surface area contributed by atoms with Gasteiger partial charge in [-0.1, -0.05) is 13.8 Å². The molecule has 1 saturated carbocycles. The topological polar surface area (TPSA) is 69.6 Å². The molecule has 2 amide bonds. The molecule has 1 aliphatic carbocycles. The van der Waals surface area contributed by atoms with E-state index in [1.807, 2.05) is 6.92 Å². The van der Waals surface area contributed by atoms with E-state index >= 15 is 0 Å². The maximum Gasteiger partial charge on any atom is 0.317 e. The number of rotatable bonds is 3. The molecule has 0 aromatic rings. The Kier molecular flexibility index (Phi) is 3.02. The van der Waals surface area contributed by atoms with Gasteiger partial charge < -0.3 is 15.3 Å². The quantitative estimate of drug-likeness (QED) is 0.777. The summed E-state index contributed by atoms with van der Waals surface area (Å²) in [6.07, 6.45) is 2.34. The SMILES string of the molecule is C[C@@H]1CN(C(=O)NCC2(C)CC2)C[C@H]1C(=O)O. The number of likely N-dealkylation sites (tertiary alicyclic amines) is 1. The second-order valence-electron chi connectivity index (χ2n) is 5.80. The van der Waals surface area contributed by atoms with Crippen molar-refractivity contribution in [2.45, 2.75) is 26.7 Å². The van der Waals surface area contributed by atoms with Gasteiger partial charge >= 0.3 is 12.0 Å². The van der Waals surface area contributed by atoms with E-state index in [0.29, 0.717) is 19.6 Å². The minimum absolute atomic E-state index is 0.0368. The number of carboxylic acids is 1. The van der Waals surface area contributed by atoms with Crippen molar-refractivity contribution in [2.75, 3.05) is 19.6 Å². The number of amides is 2. The molecule has 2 fully saturated rings. The molecule has 0 bridgehead atoms. The molecule has 5 heteroatoms. The number of carboxylic acid groups (broad SMARTS) is 1. The van der Waals surface area contributed by atoms with Gasteiger partial charge in [0.05, 0.1) is 5.92 Å². The molecule has 1 saturated heterocycles. The van der Waals surface area contributed by atoms with Gasteiger partial charge in [-0.05, 0) is 24.2 Å². The van der Waals surface area contributed by atoms with E-state index in [-0.39, 0.29) is 17.4 Å². The van der Waals surface area contributed by atoms with Gasteiger partial charge in [0.2, 0.25) is 0 Å². The zero-order valence-electron chi connectivity index (χ0n) is 10.4. The lowest BCUT2D eigenvalue weighted by molar-refractivity contribution is -0.142. The molecule has 0 aromatic carbocycles. The third-order valence-electron chi connectivity index (χ3n) is 3.99. The van der Waals surface area contributed by atoms with Crippen LogP contribution in [0.15, 0.2) is 0 Å². The summed E-state index contributed by atoms with van der Waals surface area (Å²) in [6, 6.07) is -0.117. The molecule has 2 aliphatic rings. The molecule has 0 spiro atoms. The molecule has 1 aliphatic heterocycles. The number of aliphatic carboxylic acids is 1. The van der Waals surface area contributed by atoms with Gasteiger partial charge in [-0.2, -0.15) is 0 Å². The Morgan fingerprint density at radius 1 is 1.41 bits per heavy atom.